The Morgan fingerprint density at radius 2 is 2.25 bits per heavy atom. The maximum absolute atomic E-state index is 5.60. The van der Waals surface area contributed by atoms with Crippen LogP contribution in [0.2, 0.25) is 0 Å². The molecule has 2 aliphatic carbocycles. The van der Waals surface area contributed by atoms with Crippen molar-refractivity contribution < 1.29 is 4.42 Å². The molecule has 1 N–H and O–H groups in total. The molecule has 2 nitrogen and oxygen atoms in total. The molecule has 2 aliphatic rings. The van der Waals surface area contributed by atoms with Gasteiger partial charge in [0.15, 0.2) is 0 Å². The summed E-state index contributed by atoms with van der Waals surface area (Å²) in [6, 6.07) is 2.66. The molecule has 1 heterocycles. The molecule has 88 valence electrons. The van der Waals surface area contributed by atoms with Gasteiger partial charge in [0.25, 0.3) is 0 Å². The zero-order valence-electron chi connectivity index (χ0n) is 10.3. The summed E-state index contributed by atoms with van der Waals surface area (Å²) in [4.78, 5) is 0. The molecule has 1 unspecified atom stereocenters. The molecule has 0 radical (unpaired) electrons. The van der Waals surface area contributed by atoms with Gasteiger partial charge in [-0.3, -0.25) is 0 Å². The summed E-state index contributed by atoms with van der Waals surface area (Å²) in [6.45, 7) is 5.86. The summed E-state index contributed by atoms with van der Waals surface area (Å²) in [5.74, 6) is 2.14. The molecule has 2 heteroatoms. The van der Waals surface area contributed by atoms with Crippen LogP contribution >= 0.6 is 0 Å². The molecular weight excluding hydrogens is 198 g/mol. The molecule has 0 aromatic carbocycles. The van der Waals surface area contributed by atoms with Gasteiger partial charge in [-0.25, -0.2) is 0 Å². The van der Waals surface area contributed by atoms with E-state index in [9.17, 15) is 0 Å². The average molecular weight is 219 g/mol. The van der Waals surface area contributed by atoms with Crippen LogP contribution in [0.5, 0.6) is 0 Å². The standard InChI is InChI=1S/C14H21NO/c1-14(2)7-12(15-9-10-3-4-10)11-5-6-16-13(11)8-14/h5-6,10,12,15H,3-4,7-9H2,1-2H3. The highest BCUT2D eigenvalue weighted by Crippen LogP contribution is 2.41. The van der Waals surface area contributed by atoms with Gasteiger partial charge in [0.05, 0.1) is 6.26 Å². The Morgan fingerprint density at radius 1 is 1.44 bits per heavy atom. The van der Waals surface area contributed by atoms with Crippen molar-refractivity contribution >= 4 is 0 Å². The van der Waals surface area contributed by atoms with Gasteiger partial charge in [-0.1, -0.05) is 13.8 Å². The SMILES string of the molecule is CC1(C)Cc2occc2C(NCC2CC2)C1. The van der Waals surface area contributed by atoms with Gasteiger partial charge in [-0.2, -0.15) is 0 Å². The van der Waals surface area contributed by atoms with E-state index in [1.165, 1.54) is 37.1 Å². The maximum Gasteiger partial charge on any atom is 0.109 e. The molecular formula is C14H21NO. The predicted octanol–water partition coefficient (Wildman–Crippen LogP) is 3.29. The molecule has 1 aromatic heterocycles. The number of fused-ring (bicyclic) bond motifs is 1. The fourth-order valence-corrected chi connectivity index (χ4v) is 2.79. The minimum absolute atomic E-state index is 0.367. The number of rotatable bonds is 3. The molecule has 1 fully saturated rings. The second-order valence-electron chi connectivity index (χ2n) is 6.25. The Bertz CT molecular complexity index is 376. The quantitative estimate of drug-likeness (QED) is 0.844. The van der Waals surface area contributed by atoms with Crippen LogP contribution in [-0.2, 0) is 6.42 Å². The van der Waals surface area contributed by atoms with Crippen molar-refractivity contribution in [2.75, 3.05) is 6.54 Å². The van der Waals surface area contributed by atoms with E-state index >= 15 is 0 Å². The third kappa shape index (κ3) is 2.03. The lowest BCUT2D eigenvalue weighted by molar-refractivity contribution is 0.234. The van der Waals surface area contributed by atoms with Crippen molar-refractivity contribution in [1.82, 2.24) is 5.32 Å². The fourth-order valence-electron chi connectivity index (χ4n) is 2.79. The van der Waals surface area contributed by atoms with E-state index in [4.69, 9.17) is 4.42 Å². The van der Waals surface area contributed by atoms with Crippen LogP contribution in [0.3, 0.4) is 0 Å². The normalized spacial score (nSPS) is 27.8. The number of furan rings is 1. The lowest BCUT2D eigenvalue weighted by atomic mass is 9.75. The van der Waals surface area contributed by atoms with Gasteiger partial charge in [-0.15, -0.1) is 0 Å². The van der Waals surface area contributed by atoms with Crippen LogP contribution in [0, 0.1) is 11.3 Å². The lowest BCUT2D eigenvalue weighted by Gasteiger charge is -2.35. The van der Waals surface area contributed by atoms with Gasteiger partial charge in [0, 0.05) is 18.0 Å². The van der Waals surface area contributed by atoms with E-state index in [1.807, 2.05) is 6.26 Å². The monoisotopic (exact) mass is 219 g/mol. The Hall–Kier alpha value is -0.760. The average Bonchev–Trinajstić information content (AvgIpc) is 2.92. The first-order valence-electron chi connectivity index (χ1n) is 6.44. The van der Waals surface area contributed by atoms with E-state index in [2.05, 4.69) is 25.2 Å². The van der Waals surface area contributed by atoms with E-state index in [0.717, 1.165) is 12.3 Å². The molecule has 1 atom stereocenters. The van der Waals surface area contributed by atoms with E-state index in [1.54, 1.807) is 0 Å². The van der Waals surface area contributed by atoms with E-state index in [0.29, 0.717) is 11.5 Å². The highest BCUT2D eigenvalue weighted by molar-refractivity contribution is 5.26. The largest absolute Gasteiger partial charge is 0.469 e. The zero-order chi connectivity index (χ0) is 11.2. The maximum atomic E-state index is 5.60. The molecule has 16 heavy (non-hydrogen) atoms. The summed E-state index contributed by atoms with van der Waals surface area (Å²) in [5.41, 5.74) is 1.77. The minimum atomic E-state index is 0.367. The topological polar surface area (TPSA) is 25.2 Å². The first-order valence-corrected chi connectivity index (χ1v) is 6.44. The fraction of sp³-hybridized carbons (Fsp3) is 0.714. The summed E-state index contributed by atoms with van der Waals surface area (Å²) >= 11 is 0. The first kappa shape index (κ1) is 10.4. The van der Waals surface area contributed by atoms with Crippen LogP contribution in [0.4, 0.5) is 0 Å². The van der Waals surface area contributed by atoms with E-state index < -0.39 is 0 Å². The number of nitrogens with one attached hydrogen (secondary N) is 1. The summed E-state index contributed by atoms with van der Waals surface area (Å²) in [7, 11) is 0. The molecule has 0 saturated heterocycles. The smallest absolute Gasteiger partial charge is 0.109 e. The third-order valence-corrected chi connectivity index (χ3v) is 3.90. The Kier molecular flexibility index (Phi) is 2.36. The van der Waals surface area contributed by atoms with Crippen LogP contribution in [0.25, 0.3) is 0 Å². The van der Waals surface area contributed by atoms with Crippen molar-refractivity contribution in [3.63, 3.8) is 0 Å². The van der Waals surface area contributed by atoms with Crippen LogP contribution in [0.1, 0.15) is 50.5 Å². The second-order valence-corrected chi connectivity index (χ2v) is 6.25. The Balaban J connectivity index is 1.76. The van der Waals surface area contributed by atoms with Gasteiger partial charge in [0.1, 0.15) is 5.76 Å². The Labute approximate surface area is 97.4 Å². The molecule has 0 amide bonds. The van der Waals surface area contributed by atoms with Crippen molar-refractivity contribution in [3.05, 3.63) is 23.7 Å². The molecule has 1 saturated carbocycles. The molecule has 0 aliphatic heterocycles. The highest BCUT2D eigenvalue weighted by Gasteiger charge is 2.34. The van der Waals surface area contributed by atoms with Crippen LogP contribution < -0.4 is 5.32 Å². The Morgan fingerprint density at radius 3 is 3.00 bits per heavy atom. The number of hydrogen-bond acceptors (Lipinski definition) is 2. The zero-order valence-corrected chi connectivity index (χ0v) is 10.3. The van der Waals surface area contributed by atoms with E-state index in [-0.39, 0.29) is 0 Å². The van der Waals surface area contributed by atoms with Crippen molar-refractivity contribution in [2.24, 2.45) is 11.3 Å². The van der Waals surface area contributed by atoms with Gasteiger partial charge in [0.2, 0.25) is 0 Å². The van der Waals surface area contributed by atoms with Crippen molar-refractivity contribution in [2.45, 2.75) is 45.6 Å². The summed E-state index contributed by atoms with van der Waals surface area (Å²) in [5, 5.41) is 3.72. The first-order chi connectivity index (χ1) is 7.64. The number of hydrogen-bond donors (Lipinski definition) is 1. The molecule has 3 rings (SSSR count). The van der Waals surface area contributed by atoms with Gasteiger partial charge >= 0.3 is 0 Å². The lowest BCUT2D eigenvalue weighted by Crippen LogP contribution is -2.33. The van der Waals surface area contributed by atoms with Crippen LogP contribution in [0.15, 0.2) is 16.7 Å². The van der Waals surface area contributed by atoms with Crippen molar-refractivity contribution in [1.29, 1.82) is 0 Å². The van der Waals surface area contributed by atoms with Crippen LogP contribution in [-0.4, -0.2) is 6.54 Å². The van der Waals surface area contributed by atoms with Crippen molar-refractivity contribution in [3.8, 4) is 0 Å². The summed E-state index contributed by atoms with van der Waals surface area (Å²) < 4.78 is 5.60. The highest BCUT2D eigenvalue weighted by atomic mass is 16.3. The van der Waals surface area contributed by atoms with Gasteiger partial charge < -0.3 is 9.73 Å². The third-order valence-electron chi connectivity index (χ3n) is 3.90. The minimum Gasteiger partial charge on any atom is -0.469 e. The predicted molar refractivity (Wildman–Crippen MR) is 64.3 cm³/mol. The molecule has 0 spiro atoms. The molecule has 0 bridgehead atoms. The molecule has 1 aromatic rings. The second kappa shape index (κ2) is 3.63. The van der Waals surface area contributed by atoms with Gasteiger partial charge in [-0.05, 0) is 43.2 Å². The summed E-state index contributed by atoms with van der Waals surface area (Å²) in [6.07, 6.45) is 6.99.